The van der Waals surface area contributed by atoms with Crippen molar-refractivity contribution in [3.63, 3.8) is 0 Å². The topological polar surface area (TPSA) is 55.1 Å². The van der Waals surface area contributed by atoms with Gasteiger partial charge in [-0.2, -0.15) is 0 Å². The van der Waals surface area contributed by atoms with E-state index in [2.05, 4.69) is 34.2 Å². The predicted octanol–water partition coefficient (Wildman–Crippen LogP) is 3.96. The molecule has 1 amide bonds. The number of anilines is 1. The van der Waals surface area contributed by atoms with Crippen LogP contribution in [0.15, 0.2) is 53.0 Å². The van der Waals surface area contributed by atoms with Gasteiger partial charge >= 0.3 is 0 Å². The van der Waals surface area contributed by atoms with E-state index in [0.717, 1.165) is 29.4 Å². The van der Waals surface area contributed by atoms with E-state index < -0.39 is 0 Å². The molecule has 2 rings (SSSR count). The van der Waals surface area contributed by atoms with E-state index in [1.807, 2.05) is 42.5 Å². The molecule has 0 spiro atoms. The lowest BCUT2D eigenvalue weighted by molar-refractivity contribution is -0.125. The largest absolute Gasteiger partial charge is 0.399 e. The van der Waals surface area contributed by atoms with Crippen LogP contribution < -0.4 is 11.1 Å². The maximum Gasteiger partial charge on any atom is 0.223 e. The van der Waals surface area contributed by atoms with Crippen LogP contribution in [0.3, 0.4) is 0 Å². The molecular formula is C19H23BrN2O. The lowest BCUT2D eigenvalue weighted by atomic mass is 9.96. The van der Waals surface area contributed by atoms with Crippen molar-refractivity contribution in [1.29, 1.82) is 0 Å². The fourth-order valence-corrected chi connectivity index (χ4v) is 2.96. The number of halogens is 1. The quantitative estimate of drug-likeness (QED) is 0.720. The molecule has 2 aromatic carbocycles. The zero-order valence-electron chi connectivity index (χ0n) is 13.4. The highest BCUT2D eigenvalue weighted by atomic mass is 79.9. The van der Waals surface area contributed by atoms with Gasteiger partial charge in [0.05, 0.1) is 0 Å². The van der Waals surface area contributed by atoms with E-state index in [-0.39, 0.29) is 11.8 Å². The number of hydrogen-bond donors (Lipinski definition) is 2. The number of rotatable bonds is 7. The molecule has 0 aliphatic carbocycles. The van der Waals surface area contributed by atoms with Crippen molar-refractivity contribution < 1.29 is 4.79 Å². The van der Waals surface area contributed by atoms with Gasteiger partial charge < -0.3 is 11.1 Å². The van der Waals surface area contributed by atoms with Gasteiger partial charge in [0.15, 0.2) is 0 Å². The molecular weight excluding hydrogens is 352 g/mol. The van der Waals surface area contributed by atoms with Crippen molar-refractivity contribution in [2.45, 2.75) is 26.2 Å². The van der Waals surface area contributed by atoms with E-state index >= 15 is 0 Å². The first-order valence-corrected chi connectivity index (χ1v) is 8.75. The SMILES string of the molecule is CCC(Cc1ccccc1Br)C(=O)NCCc1ccc(N)cc1. The van der Waals surface area contributed by atoms with Gasteiger partial charge in [-0.05, 0) is 48.6 Å². The van der Waals surface area contributed by atoms with Crippen LogP contribution in [0.25, 0.3) is 0 Å². The highest BCUT2D eigenvalue weighted by Gasteiger charge is 2.17. The van der Waals surface area contributed by atoms with E-state index in [9.17, 15) is 4.79 Å². The average Bonchev–Trinajstić information content (AvgIpc) is 2.56. The summed E-state index contributed by atoms with van der Waals surface area (Å²) in [6, 6.07) is 15.8. The maximum atomic E-state index is 12.4. The zero-order valence-corrected chi connectivity index (χ0v) is 15.0. The molecule has 3 N–H and O–H groups in total. The Hall–Kier alpha value is -1.81. The fraction of sp³-hybridized carbons (Fsp3) is 0.316. The molecule has 2 aromatic rings. The Morgan fingerprint density at radius 1 is 1.17 bits per heavy atom. The van der Waals surface area contributed by atoms with Gasteiger partial charge in [-0.3, -0.25) is 4.79 Å². The molecule has 1 unspecified atom stereocenters. The Kier molecular flexibility index (Phi) is 6.66. The summed E-state index contributed by atoms with van der Waals surface area (Å²) >= 11 is 3.55. The Bertz CT molecular complexity index is 640. The third-order valence-corrected chi connectivity index (χ3v) is 4.75. The zero-order chi connectivity index (χ0) is 16.7. The summed E-state index contributed by atoms with van der Waals surface area (Å²) in [7, 11) is 0. The molecule has 3 nitrogen and oxygen atoms in total. The van der Waals surface area contributed by atoms with E-state index in [1.165, 1.54) is 11.1 Å². The van der Waals surface area contributed by atoms with E-state index in [1.54, 1.807) is 0 Å². The Morgan fingerprint density at radius 3 is 2.52 bits per heavy atom. The molecule has 0 saturated heterocycles. The van der Waals surface area contributed by atoms with Gasteiger partial charge in [-0.1, -0.05) is 53.2 Å². The summed E-state index contributed by atoms with van der Waals surface area (Å²) in [5.74, 6) is 0.124. The minimum atomic E-state index is 0.000109. The number of nitrogens with two attached hydrogens (primary N) is 1. The van der Waals surface area contributed by atoms with Crippen LogP contribution >= 0.6 is 15.9 Å². The molecule has 0 bridgehead atoms. The first-order valence-electron chi connectivity index (χ1n) is 7.95. The summed E-state index contributed by atoms with van der Waals surface area (Å²) in [6.45, 7) is 2.70. The fourth-order valence-electron chi connectivity index (χ4n) is 2.51. The summed E-state index contributed by atoms with van der Waals surface area (Å²) in [5.41, 5.74) is 8.79. The Labute approximate surface area is 146 Å². The van der Waals surface area contributed by atoms with E-state index in [4.69, 9.17) is 5.73 Å². The van der Waals surface area contributed by atoms with Crippen molar-refractivity contribution in [2.24, 2.45) is 5.92 Å². The minimum Gasteiger partial charge on any atom is -0.399 e. The lowest BCUT2D eigenvalue weighted by Crippen LogP contribution is -2.33. The number of carbonyl (C=O) groups is 1. The Balaban J connectivity index is 1.85. The first kappa shape index (κ1) is 17.5. The molecule has 0 aliphatic rings. The van der Waals surface area contributed by atoms with Gasteiger partial charge in [0.2, 0.25) is 5.91 Å². The molecule has 0 radical (unpaired) electrons. The normalized spacial score (nSPS) is 11.9. The minimum absolute atomic E-state index is 0.000109. The number of carbonyl (C=O) groups excluding carboxylic acids is 1. The summed E-state index contributed by atoms with van der Waals surface area (Å²) < 4.78 is 1.06. The van der Waals surface area contributed by atoms with Crippen molar-refractivity contribution in [2.75, 3.05) is 12.3 Å². The van der Waals surface area contributed by atoms with Gasteiger partial charge in [0, 0.05) is 22.6 Å². The summed E-state index contributed by atoms with van der Waals surface area (Å²) in [5, 5.41) is 3.05. The van der Waals surface area contributed by atoms with Crippen LogP contribution in [-0.4, -0.2) is 12.5 Å². The molecule has 0 heterocycles. The standard InChI is InChI=1S/C19H23BrN2O/c1-2-15(13-16-5-3-4-6-18(16)20)19(23)22-12-11-14-7-9-17(21)10-8-14/h3-10,15H,2,11-13,21H2,1H3,(H,22,23). The van der Waals surface area contributed by atoms with Crippen molar-refractivity contribution >= 4 is 27.5 Å². The van der Waals surface area contributed by atoms with Crippen LogP contribution in [0.2, 0.25) is 0 Å². The second-order valence-electron chi connectivity index (χ2n) is 5.68. The van der Waals surface area contributed by atoms with Gasteiger partial charge in [0.25, 0.3) is 0 Å². The number of nitrogen functional groups attached to an aromatic ring is 1. The smallest absolute Gasteiger partial charge is 0.223 e. The van der Waals surface area contributed by atoms with Gasteiger partial charge in [-0.25, -0.2) is 0 Å². The highest BCUT2D eigenvalue weighted by Crippen LogP contribution is 2.21. The van der Waals surface area contributed by atoms with Crippen LogP contribution in [0.5, 0.6) is 0 Å². The molecule has 0 aliphatic heterocycles. The molecule has 23 heavy (non-hydrogen) atoms. The van der Waals surface area contributed by atoms with Crippen LogP contribution in [-0.2, 0) is 17.6 Å². The lowest BCUT2D eigenvalue weighted by Gasteiger charge is -2.16. The average molecular weight is 375 g/mol. The van der Waals surface area contributed by atoms with Crippen molar-refractivity contribution in [1.82, 2.24) is 5.32 Å². The molecule has 122 valence electrons. The molecule has 0 aromatic heterocycles. The number of nitrogens with one attached hydrogen (secondary N) is 1. The molecule has 0 saturated carbocycles. The van der Waals surface area contributed by atoms with Crippen molar-refractivity contribution in [3.05, 3.63) is 64.1 Å². The molecule has 0 fully saturated rings. The second kappa shape index (κ2) is 8.73. The molecule has 1 atom stereocenters. The predicted molar refractivity (Wildman–Crippen MR) is 99.2 cm³/mol. The number of amides is 1. The van der Waals surface area contributed by atoms with Crippen LogP contribution in [0, 0.1) is 5.92 Å². The maximum absolute atomic E-state index is 12.4. The second-order valence-corrected chi connectivity index (χ2v) is 6.54. The number of hydrogen-bond acceptors (Lipinski definition) is 2. The highest BCUT2D eigenvalue weighted by molar-refractivity contribution is 9.10. The third kappa shape index (κ3) is 5.39. The van der Waals surface area contributed by atoms with E-state index in [0.29, 0.717) is 6.54 Å². The number of benzene rings is 2. The monoisotopic (exact) mass is 374 g/mol. The van der Waals surface area contributed by atoms with Gasteiger partial charge in [0.1, 0.15) is 0 Å². The van der Waals surface area contributed by atoms with Gasteiger partial charge in [-0.15, -0.1) is 0 Å². The molecule has 4 heteroatoms. The summed E-state index contributed by atoms with van der Waals surface area (Å²) in [6.07, 6.45) is 2.40. The third-order valence-electron chi connectivity index (χ3n) is 3.98. The first-order chi connectivity index (χ1) is 11.1. The summed E-state index contributed by atoms with van der Waals surface area (Å²) in [4.78, 5) is 12.4. The van der Waals surface area contributed by atoms with Crippen molar-refractivity contribution in [3.8, 4) is 0 Å². The van der Waals surface area contributed by atoms with Crippen LogP contribution in [0.1, 0.15) is 24.5 Å². The Morgan fingerprint density at radius 2 is 1.87 bits per heavy atom. The van der Waals surface area contributed by atoms with Crippen LogP contribution in [0.4, 0.5) is 5.69 Å².